The summed E-state index contributed by atoms with van der Waals surface area (Å²) < 4.78 is 2.12. The van der Waals surface area contributed by atoms with E-state index in [0.29, 0.717) is 0 Å². The van der Waals surface area contributed by atoms with E-state index in [1.54, 1.807) is 23.1 Å². The Morgan fingerprint density at radius 1 is 0.920 bits per heavy atom. The summed E-state index contributed by atoms with van der Waals surface area (Å²) in [6.07, 6.45) is 0. The van der Waals surface area contributed by atoms with E-state index in [2.05, 4.69) is 38.3 Å². The Morgan fingerprint density at radius 3 is 2.44 bits per heavy atom. The number of hydrogen-bond acceptors (Lipinski definition) is 4. The first-order valence-electron chi connectivity index (χ1n) is 7.73. The maximum Gasteiger partial charge on any atom is 0.196 e. The molecule has 0 radical (unpaired) electrons. The Labute approximate surface area is 159 Å². The molecule has 0 aliphatic carbocycles. The molecule has 4 rings (SSSR count). The van der Waals surface area contributed by atoms with Crippen molar-refractivity contribution in [3.8, 4) is 16.4 Å². The highest BCUT2D eigenvalue weighted by atomic mass is 35.5. The molecule has 0 saturated heterocycles. The summed E-state index contributed by atoms with van der Waals surface area (Å²) in [4.78, 5) is 1.11. The predicted molar refractivity (Wildman–Crippen MR) is 106 cm³/mol. The zero-order valence-electron chi connectivity index (χ0n) is 13.2. The molecular weight excluding hydrogens is 370 g/mol. The molecule has 0 amide bonds. The molecule has 2 aromatic carbocycles. The lowest BCUT2D eigenvalue weighted by atomic mass is 10.2. The van der Waals surface area contributed by atoms with Gasteiger partial charge in [-0.05, 0) is 41.3 Å². The minimum atomic E-state index is 0.751. The van der Waals surface area contributed by atoms with Crippen LogP contribution in [0, 0.1) is 0 Å². The average molecular weight is 384 g/mol. The highest BCUT2D eigenvalue weighted by Gasteiger charge is 2.16. The summed E-state index contributed by atoms with van der Waals surface area (Å²) in [5, 5.41) is 12.6. The molecule has 3 nitrogen and oxygen atoms in total. The number of hydrogen-bond donors (Lipinski definition) is 0. The van der Waals surface area contributed by atoms with Crippen LogP contribution in [0.4, 0.5) is 0 Å². The quantitative estimate of drug-likeness (QED) is 0.399. The van der Waals surface area contributed by atoms with Crippen molar-refractivity contribution in [1.29, 1.82) is 0 Å². The van der Waals surface area contributed by atoms with E-state index in [-0.39, 0.29) is 0 Å². The van der Waals surface area contributed by atoms with Crippen molar-refractivity contribution < 1.29 is 0 Å². The van der Waals surface area contributed by atoms with Crippen LogP contribution in [0.25, 0.3) is 16.4 Å². The van der Waals surface area contributed by atoms with E-state index in [1.165, 1.54) is 5.56 Å². The molecule has 0 fully saturated rings. The highest BCUT2D eigenvalue weighted by Crippen LogP contribution is 2.31. The molecular formula is C19H14ClN3S2. The maximum absolute atomic E-state index is 5.96. The average Bonchev–Trinajstić information content (AvgIpc) is 3.31. The van der Waals surface area contributed by atoms with Crippen molar-refractivity contribution in [2.24, 2.45) is 0 Å². The Balaban J connectivity index is 1.69. The summed E-state index contributed by atoms with van der Waals surface area (Å²) in [6.45, 7) is 0. The van der Waals surface area contributed by atoms with Gasteiger partial charge >= 0.3 is 0 Å². The minimum absolute atomic E-state index is 0.751. The van der Waals surface area contributed by atoms with E-state index < -0.39 is 0 Å². The molecule has 0 aliphatic rings. The van der Waals surface area contributed by atoms with Gasteiger partial charge < -0.3 is 0 Å². The molecule has 124 valence electrons. The first-order chi connectivity index (χ1) is 12.3. The van der Waals surface area contributed by atoms with Crippen molar-refractivity contribution >= 4 is 34.7 Å². The van der Waals surface area contributed by atoms with Gasteiger partial charge in [-0.25, -0.2) is 0 Å². The maximum atomic E-state index is 5.96. The van der Waals surface area contributed by atoms with Crippen LogP contribution in [-0.4, -0.2) is 14.8 Å². The fourth-order valence-corrected chi connectivity index (χ4v) is 4.20. The first kappa shape index (κ1) is 16.4. The van der Waals surface area contributed by atoms with E-state index >= 15 is 0 Å². The van der Waals surface area contributed by atoms with E-state index in [9.17, 15) is 0 Å². The minimum Gasteiger partial charge on any atom is -0.269 e. The smallest absolute Gasteiger partial charge is 0.196 e. The summed E-state index contributed by atoms with van der Waals surface area (Å²) in [7, 11) is 0. The third kappa shape index (κ3) is 3.63. The molecule has 0 bridgehead atoms. The van der Waals surface area contributed by atoms with Crippen LogP contribution in [0.3, 0.4) is 0 Å². The van der Waals surface area contributed by atoms with Crippen LogP contribution in [0.1, 0.15) is 5.56 Å². The number of nitrogens with zero attached hydrogens (tertiary/aromatic N) is 3. The van der Waals surface area contributed by atoms with Gasteiger partial charge in [-0.1, -0.05) is 59.8 Å². The molecule has 0 aliphatic heterocycles. The molecule has 6 heteroatoms. The number of para-hydroxylation sites is 1. The van der Waals surface area contributed by atoms with Crippen molar-refractivity contribution in [3.05, 3.63) is 82.7 Å². The van der Waals surface area contributed by atoms with Crippen LogP contribution < -0.4 is 0 Å². The highest BCUT2D eigenvalue weighted by molar-refractivity contribution is 7.98. The topological polar surface area (TPSA) is 30.7 Å². The monoisotopic (exact) mass is 383 g/mol. The lowest BCUT2D eigenvalue weighted by molar-refractivity contribution is 0.886. The van der Waals surface area contributed by atoms with Crippen molar-refractivity contribution in [2.75, 3.05) is 0 Å². The fourth-order valence-electron chi connectivity index (χ4n) is 2.47. The van der Waals surface area contributed by atoms with Crippen LogP contribution in [0.2, 0.25) is 5.02 Å². The zero-order chi connectivity index (χ0) is 17.1. The van der Waals surface area contributed by atoms with Gasteiger partial charge in [0.05, 0.1) is 4.88 Å². The second-order valence-corrected chi connectivity index (χ2v) is 7.70. The molecule has 25 heavy (non-hydrogen) atoms. The second-order valence-electron chi connectivity index (χ2n) is 5.37. The van der Waals surface area contributed by atoms with Gasteiger partial charge in [0.15, 0.2) is 11.0 Å². The summed E-state index contributed by atoms with van der Waals surface area (Å²) in [5.74, 6) is 1.69. The Morgan fingerprint density at radius 2 is 1.72 bits per heavy atom. The van der Waals surface area contributed by atoms with Gasteiger partial charge in [0.25, 0.3) is 0 Å². The molecule has 0 unspecified atom stereocenters. The summed E-state index contributed by atoms with van der Waals surface area (Å²) in [6, 6.07) is 22.2. The molecule has 0 N–H and O–H groups in total. The Kier molecular flexibility index (Phi) is 4.88. The predicted octanol–water partition coefficient (Wildman–Crippen LogP) is 5.94. The Bertz CT molecular complexity index is 948. The fraction of sp³-hybridized carbons (Fsp3) is 0.0526. The van der Waals surface area contributed by atoms with Gasteiger partial charge in [0, 0.05) is 16.5 Å². The van der Waals surface area contributed by atoms with Crippen molar-refractivity contribution in [1.82, 2.24) is 14.8 Å². The normalized spacial score (nSPS) is 10.9. The van der Waals surface area contributed by atoms with Crippen LogP contribution in [-0.2, 0) is 5.75 Å². The van der Waals surface area contributed by atoms with E-state index in [0.717, 1.165) is 32.3 Å². The molecule has 2 heterocycles. The van der Waals surface area contributed by atoms with Crippen LogP contribution >= 0.6 is 34.7 Å². The number of thiophene rings is 1. The van der Waals surface area contributed by atoms with Gasteiger partial charge in [0.2, 0.25) is 0 Å². The van der Waals surface area contributed by atoms with Gasteiger partial charge in [-0.3, -0.25) is 4.57 Å². The van der Waals surface area contributed by atoms with Crippen LogP contribution in [0.5, 0.6) is 0 Å². The van der Waals surface area contributed by atoms with Gasteiger partial charge in [0.1, 0.15) is 0 Å². The lowest BCUT2D eigenvalue weighted by Gasteiger charge is -2.09. The molecule has 0 spiro atoms. The number of benzene rings is 2. The van der Waals surface area contributed by atoms with Crippen molar-refractivity contribution in [2.45, 2.75) is 10.9 Å². The SMILES string of the molecule is Clc1ccc(CSc2nnc(-c3cccs3)n2-c2ccccc2)cc1. The molecule has 0 atom stereocenters. The lowest BCUT2D eigenvalue weighted by Crippen LogP contribution is -1.98. The number of aromatic nitrogens is 3. The third-order valence-corrected chi connectivity index (χ3v) is 5.79. The largest absolute Gasteiger partial charge is 0.269 e. The van der Waals surface area contributed by atoms with Crippen LogP contribution in [0.15, 0.2) is 77.3 Å². The number of thioether (sulfide) groups is 1. The first-order valence-corrected chi connectivity index (χ1v) is 9.97. The molecule has 4 aromatic rings. The summed E-state index contributed by atoms with van der Waals surface area (Å²) >= 11 is 9.30. The second kappa shape index (κ2) is 7.44. The Hall–Kier alpha value is -2.08. The zero-order valence-corrected chi connectivity index (χ0v) is 15.6. The number of halogens is 1. The third-order valence-electron chi connectivity index (χ3n) is 3.67. The molecule has 2 aromatic heterocycles. The van der Waals surface area contributed by atoms with E-state index in [1.807, 2.05) is 48.5 Å². The standard InChI is InChI=1S/C19H14ClN3S2/c20-15-10-8-14(9-11-15)13-25-19-22-21-18(17-7-4-12-24-17)23(19)16-5-2-1-3-6-16/h1-12H,13H2. The molecule has 0 saturated carbocycles. The van der Waals surface area contributed by atoms with Gasteiger partial charge in [-0.2, -0.15) is 0 Å². The summed E-state index contributed by atoms with van der Waals surface area (Å²) in [5.41, 5.74) is 2.27. The van der Waals surface area contributed by atoms with E-state index in [4.69, 9.17) is 11.6 Å². The number of rotatable bonds is 5. The van der Waals surface area contributed by atoms with Gasteiger partial charge in [-0.15, -0.1) is 21.5 Å². The van der Waals surface area contributed by atoms with Crippen molar-refractivity contribution in [3.63, 3.8) is 0 Å².